The molecule has 4 heteroatoms. The third-order valence-corrected chi connectivity index (χ3v) is 5.78. The van der Waals surface area contributed by atoms with E-state index in [1.807, 2.05) is 11.8 Å². The number of ketones is 1. The van der Waals surface area contributed by atoms with Crippen molar-refractivity contribution in [2.75, 3.05) is 0 Å². The van der Waals surface area contributed by atoms with Gasteiger partial charge in [0.15, 0.2) is 0 Å². The van der Waals surface area contributed by atoms with Crippen molar-refractivity contribution in [3.63, 3.8) is 0 Å². The van der Waals surface area contributed by atoms with Crippen LogP contribution in [0.2, 0.25) is 0 Å². The molecule has 19 heavy (non-hydrogen) atoms. The van der Waals surface area contributed by atoms with Crippen molar-refractivity contribution in [3.8, 4) is 0 Å². The Morgan fingerprint density at radius 3 is 2.32 bits per heavy atom. The van der Waals surface area contributed by atoms with E-state index in [1.165, 1.54) is 31.0 Å². The highest BCUT2D eigenvalue weighted by Gasteiger charge is 2.37. The summed E-state index contributed by atoms with van der Waals surface area (Å²) >= 11 is 1.99. The Labute approximate surface area is 115 Å². The van der Waals surface area contributed by atoms with Gasteiger partial charge in [-0.15, -0.1) is 0 Å². The number of benzene rings is 1. The maximum Gasteiger partial charge on any atom is 0.140 e. The molecular weight excluding hydrogens is 266 g/mol. The van der Waals surface area contributed by atoms with Crippen molar-refractivity contribution in [3.05, 3.63) is 35.4 Å². The average molecular weight is 282 g/mol. The van der Waals surface area contributed by atoms with Crippen molar-refractivity contribution in [1.82, 2.24) is 0 Å². The van der Waals surface area contributed by atoms with Crippen molar-refractivity contribution < 1.29 is 13.6 Å². The largest absolute Gasteiger partial charge is 0.299 e. The van der Waals surface area contributed by atoms with Crippen LogP contribution < -0.4 is 0 Å². The van der Waals surface area contributed by atoms with Crippen LogP contribution in [0.15, 0.2) is 18.2 Å². The average Bonchev–Trinajstić information content (AvgIpc) is 2.72. The zero-order valence-electron chi connectivity index (χ0n) is 10.6. The van der Waals surface area contributed by atoms with Crippen LogP contribution in [-0.2, 0) is 11.2 Å². The Morgan fingerprint density at radius 1 is 1.16 bits per heavy atom. The van der Waals surface area contributed by atoms with Gasteiger partial charge < -0.3 is 0 Å². The van der Waals surface area contributed by atoms with Crippen LogP contribution >= 0.6 is 11.8 Å². The van der Waals surface area contributed by atoms with Crippen LogP contribution in [0.1, 0.15) is 31.2 Å². The first-order chi connectivity index (χ1) is 9.13. The molecule has 2 aliphatic rings. The predicted octanol–water partition coefficient (Wildman–Crippen LogP) is 3.75. The van der Waals surface area contributed by atoms with Crippen molar-refractivity contribution in [2.45, 2.75) is 42.6 Å². The lowest BCUT2D eigenvalue weighted by Gasteiger charge is -2.26. The van der Waals surface area contributed by atoms with Gasteiger partial charge in [-0.2, -0.15) is 11.8 Å². The molecule has 0 aromatic heterocycles. The monoisotopic (exact) mass is 282 g/mol. The SMILES string of the molecule is O=C(Cc1c(F)cccc1F)C1CC2CCC(C1)S2. The van der Waals surface area contributed by atoms with E-state index < -0.39 is 11.6 Å². The van der Waals surface area contributed by atoms with E-state index in [0.29, 0.717) is 10.5 Å². The number of hydrogen-bond donors (Lipinski definition) is 0. The molecule has 0 radical (unpaired) electrons. The van der Waals surface area contributed by atoms with Gasteiger partial charge in [0, 0.05) is 28.4 Å². The normalized spacial score (nSPS) is 29.5. The molecule has 2 bridgehead atoms. The van der Waals surface area contributed by atoms with Crippen LogP contribution in [0.25, 0.3) is 0 Å². The fourth-order valence-corrected chi connectivity index (χ4v) is 4.92. The van der Waals surface area contributed by atoms with Crippen molar-refractivity contribution in [1.29, 1.82) is 0 Å². The number of halogens is 2. The molecule has 2 unspecified atom stereocenters. The molecule has 2 fully saturated rings. The Balaban J connectivity index is 1.71. The third-order valence-electron chi connectivity index (χ3n) is 4.16. The Kier molecular flexibility index (Phi) is 3.61. The van der Waals surface area contributed by atoms with Gasteiger partial charge in [0.2, 0.25) is 0 Å². The second-order valence-electron chi connectivity index (χ2n) is 5.47. The van der Waals surface area contributed by atoms with Gasteiger partial charge in [-0.05, 0) is 37.8 Å². The fourth-order valence-electron chi connectivity index (χ4n) is 3.14. The van der Waals surface area contributed by atoms with Crippen molar-refractivity contribution >= 4 is 17.5 Å². The molecule has 2 aliphatic heterocycles. The van der Waals surface area contributed by atoms with Gasteiger partial charge in [-0.25, -0.2) is 8.78 Å². The summed E-state index contributed by atoms with van der Waals surface area (Å²) in [6.07, 6.45) is 4.04. The zero-order chi connectivity index (χ0) is 13.4. The molecule has 2 saturated heterocycles. The number of rotatable bonds is 3. The lowest BCUT2D eigenvalue weighted by Crippen LogP contribution is -2.26. The summed E-state index contributed by atoms with van der Waals surface area (Å²) in [6.45, 7) is 0. The van der Waals surface area contributed by atoms with E-state index >= 15 is 0 Å². The Bertz CT molecular complexity index is 471. The van der Waals surface area contributed by atoms with Gasteiger partial charge in [0.05, 0.1) is 0 Å². The topological polar surface area (TPSA) is 17.1 Å². The predicted molar refractivity (Wildman–Crippen MR) is 72.2 cm³/mol. The van der Waals surface area contributed by atoms with Crippen LogP contribution in [-0.4, -0.2) is 16.3 Å². The summed E-state index contributed by atoms with van der Waals surface area (Å²) in [5.74, 6) is -1.22. The van der Waals surface area contributed by atoms with E-state index in [0.717, 1.165) is 12.8 Å². The molecule has 2 atom stereocenters. The summed E-state index contributed by atoms with van der Waals surface area (Å²) in [5.41, 5.74) is -0.0712. The Hall–Kier alpha value is -0.900. The number of Topliss-reactive ketones (excluding diaryl/α,β-unsaturated/α-hetero) is 1. The summed E-state index contributed by atoms with van der Waals surface area (Å²) in [4.78, 5) is 12.2. The summed E-state index contributed by atoms with van der Waals surface area (Å²) < 4.78 is 27.1. The van der Waals surface area contributed by atoms with Gasteiger partial charge in [-0.1, -0.05) is 6.07 Å². The molecule has 2 heterocycles. The molecule has 1 nitrogen and oxygen atoms in total. The van der Waals surface area contributed by atoms with E-state index in [2.05, 4.69) is 0 Å². The van der Waals surface area contributed by atoms with Gasteiger partial charge in [0.25, 0.3) is 0 Å². The van der Waals surface area contributed by atoms with Crippen molar-refractivity contribution in [2.24, 2.45) is 5.92 Å². The molecule has 102 valence electrons. The molecular formula is C15H16F2OS. The first-order valence-corrected chi connectivity index (χ1v) is 7.69. The molecule has 1 aromatic carbocycles. The van der Waals surface area contributed by atoms with Gasteiger partial charge >= 0.3 is 0 Å². The molecule has 0 aliphatic carbocycles. The minimum Gasteiger partial charge on any atom is -0.299 e. The van der Waals surface area contributed by atoms with Crippen LogP contribution in [0.3, 0.4) is 0 Å². The van der Waals surface area contributed by atoms with Gasteiger partial charge in [0.1, 0.15) is 17.4 Å². The standard InChI is InChI=1S/C15H16F2OS/c16-13-2-1-3-14(17)12(13)8-15(18)9-6-10-4-5-11(7-9)19-10/h1-3,9-11H,4-8H2. The molecule has 0 amide bonds. The quantitative estimate of drug-likeness (QED) is 0.840. The molecule has 3 rings (SSSR count). The third kappa shape index (κ3) is 2.69. The smallest absolute Gasteiger partial charge is 0.140 e. The molecule has 0 saturated carbocycles. The molecule has 0 N–H and O–H groups in total. The second-order valence-corrected chi connectivity index (χ2v) is 7.07. The summed E-state index contributed by atoms with van der Waals surface area (Å²) in [5, 5.41) is 1.16. The van der Waals surface area contributed by atoms with Crippen LogP contribution in [0, 0.1) is 17.6 Å². The highest BCUT2D eigenvalue weighted by Crippen LogP contribution is 2.46. The lowest BCUT2D eigenvalue weighted by molar-refractivity contribution is -0.122. The summed E-state index contributed by atoms with van der Waals surface area (Å²) in [6, 6.07) is 3.76. The molecule has 0 spiro atoms. The minimum atomic E-state index is -0.610. The number of thioether (sulfide) groups is 1. The minimum absolute atomic E-state index is 0.00111. The second kappa shape index (κ2) is 5.23. The van der Waals surface area contributed by atoms with Gasteiger partial charge in [-0.3, -0.25) is 4.79 Å². The number of carbonyl (C=O) groups excluding carboxylic acids is 1. The number of hydrogen-bond acceptors (Lipinski definition) is 2. The fraction of sp³-hybridized carbons (Fsp3) is 0.533. The first kappa shape index (κ1) is 13.1. The first-order valence-electron chi connectivity index (χ1n) is 6.74. The zero-order valence-corrected chi connectivity index (χ0v) is 11.4. The maximum absolute atomic E-state index is 13.5. The highest BCUT2D eigenvalue weighted by atomic mass is 32.2. The number of fused-ring (bicyclic) bond motifs is 2. The van der Waals surface area contributed by atoms with Crippen LogP contribution in [0.5, 0.6) is 0 Å². The van der Waals surface area contributed by atoms with E-state index in [9.17, 15) is 13.6 Å². The van der Waals surface area contributed by atoms with E-state index in [-0.39, 0.29) is 23.7 Å². The molecule has 1 aromatic rings. The summed E-state index contributed by atoms with van der Waals surface area (Å²) in [7, 11) is 0. The highest BCUT2D eigenvalue weighted by molar-refractivity contribution is 8.00. The Morgan fingerprint density at radius 2 is 1.74 bits per heavy atom. The van der Waals surface area contributed by atoms with Crippen LogP contribution in [0.4, 0.5) is 8.78 Å². The number of carbonyl (C=O) groups is 1. The maximum atomic E-state index is 13.5. The van der Waals surface area contributed by atoms with E-state index in [4.69, 9.17) is 0 Å². The lowest BCUT2D eigenvalue weighted by atomic mass is 9.90. The van der Waals surface area contributed by atoms with E-state index in [1.54, 1.807) is 0 Å².